The smallest absolute Gasteiger partial charge is 0.241 e. The molecule has 1 heterocycles. The van der Waals surface area contributed by atoms with Gasteiger partial charge in [0.1, 0.15) is 5.82 Å². The number of benzene rings is 1. The number of carbonyl (C=O) groups is 1. The molecule has 1 saturated carbocycles. The summed E-state index contributed by atoms with van der Waals surface area (Å²) in [5.74, 6) is 0.363. The molecule has 2 N–H and O–H groups in total. The van der Waals surface area contributed by atoms with E-state index in [9.17, 15) is 9.18 Å². The van der Waals surface area contributed by atoms with Crippen molar-refractivity contribution in [3.05, 3.63) is 30.1 Å². The Morgan fingerprint density at radius 2 is 1.90 bits per heavy atom. The summed E-state index contributed by atoms with van der Waals surface area (Å²) in [5, 5.41) is 6.29. The second-order valence-electron chi connectivity index (χ2n) is 5.60. The van der Waals surface area contributed by atoms with E-state index in [4.69, 9.17) is 0 Å². The number of fused-ring (bicyclic) bond motifs is 1. The molecule has 1 aliphatic carbocycles. The Balaban J connectivity index is 0.00000147. The van der Waals surface area contributed by atoms with Gasteiger partial charge in [-0.2, -0.15) is 0 Å². The van der Waals surface area contributed by atoms with Crippen LogP contribution >= 0.6 is 12.4 Å². The lowest BCUT2D eigenvalue weighted by Gasteiger charge is -2.24. The number of anilines is 1. The number of hydrogen-bond donors (Lipinski definition) is 2. The summed E-state index contributed by atoms with van der Waals surface area (Å²) in [5.41, 5.74) is 0.656. The van der Waals surface area contributed by atoms with Crippen LogP contribution in [0.3, 0.4) is 0 Å². The lowest BCUT2D eigenvalue weighted by Crippen LogP contribution is -2.39. The monoisotopic (exact) mass is 298 g/mol. The van der Waals surface area contributed by atoms with Crippen LogP contribution in [0.1, 0.15) is 32.1 Å². The fourth-order valence-corrected chi connectivity index (χ4v) is 3.28. The van der Waals surface area contributed by atoms with Crippen LogP contribution in [0.5, 0.6) is 0 Å². The molecule has 0 aromatic heterocycles. The van der Waals surface area contributed by atoms with Crippen LogP contribution in [-0.4, -0.2) is 18.0 Å². The summed E-state index contributed by atoms with van der Waals surface area (Å²) in [7, 11) is 0. The Morgan fingerprint density at radius 1 is 1.20 bits per heavy atom. The van der Waals surface area contributed by atoms with Crippen LogP contribution in [0.25, 0.3) is 0 Å². The van der Waals surface area contributed by atoms with Crippen LogP contribution in [0.4, 0.5) is 10.1 Å². The zero-order valence-electron chi connectivity index (χ0n) is 11.3. The molecule has 5 heteroatoms. The largest absolute Gasteiger partial charge is 0.325 e. The minimum absolute atomic E-state index is 0. The van der Waals surface area contributed by atoms with Crippen molar-refractivity contribution in [2.45, 2.75) is 44.2 Å². The van der Waals surface area contributed by atoms with Crippen molar-refractivity contribution in [2.24, 2.45) is 5.92 Å². The van der Waals surface area contributed by atoms with Gasteiger partial charge in [-0.15, -0.1) is 12.4 Å². The van der Waals surface area contributed by atoms with Gasteiger partial charge >= 0.3 is 0 Å². The maximum absolute atomic E-state index is 12.8. The van der Waals surface area contributed by atoms with Gasteiger partial charge in [-0.3, -0.25) is 4.79 Å². The summed E-state index contributed by atoms with van der Waals surface area (Å²) in [6.07, 6.45) is 5.90. The Hall–Kier alpha value is -1.13. The first kappa shape index (κ1) is 15.3. The SMILES string of the molecule is Cl.O=C(Nc1ccc(F)cc1)C1CC2CCCCC2N1. The summed E-state index contributed by atoms with van der Waals surface area (Å²) in [6.45, 7) is 0. The lowest BCUT2D eigenvalue weighted by atomic mass is 9.85. The van der Waals surface area contributed by atoms with Gasteiger partial charge in [-0.25, -0.2) is 4.39 Å². The summed E-state index contributed by atoms with van der Waals surface area (Å²) in [6, 6.07) is 6.32. The van der Waals surface area contributed by atoms with E-state index in [1.54, 1.807) is 12.1 Å². The molecule has 0 radical (unpaired) electrons. The van der Waals surface area contributed by atoms with Gasteiger partial charge < -0.3 is 10.6 Å². The number of nitrogens with one attached hydrogen (secondary N) is 2. The zero-order valence-corrected chi connectivity index (χ0v) is 12.1. The van der Waals surface area contributed by atoms with E-state index < -0.39 is 0 Å². The molecule has 0 bridgehead atoms. The van der Waals surface area contributed by atoms with Crippen molar-refractivity contribution in [3.8, 4) is 0 Å². The molecule has 3 rings (SSSR count). The fraction of sp³-hybridized carbons (Fsp3) is 0.533. The van der Waals surface area contributed by atoms with E-state index in [-0.39, 0.29) is 30.2 Å². The number of amides is 1. The van der Waals surface area contributed by atoms with Gasteiger partial charge in [0.15, 0.2) is 0 Å². The molecule has 20 heavy (non-hydrogen) atoms. The Kier molecular flexibility index (Phi) is 5.00. The number of rotatable bonds is 2. The standard InChI is InChI=1S/C15H19FN2O.ClH/c16-11-5-7-12(8-6-11)17-15(19)14-9-10-3-1-2-4-13(10)18-14;/h5-8,10,13-14,18H,1-4,9H2,(H,17,19);1H. The first-order valence-electron chi connectivity index (χ1n) is 7.05. The third kappa shape index (κ3) is 3.30. The predicted octanol–water partition coefficient (Wildman–Crippen LogP) is 3.11. The molecule has 1 amide bonds. The highest BCUT2D eigenvalue weighted by Crippen LogP contribution is 2.33. The van der Waals surface area contributed by atoms with E-state index in [0.29, 0.717) is 17.6 Å². The summed E-state index contributed by atoms with van der Waals surface area (Å²) >= 11 is 0. The first-order valence-corrected chi connectivity index (χ1v) is 7.05. The molecule has 1 aromatic rings. The minimum atomic E-state index is -0.289. The van der Waals surface area contributed by atoms with Crippen molar-refractivity contribution < 1.29 is 9.18 Å². The molecule has 1 aromatic carbocycles. The van der Waals surface area contributed by atoms with Crippen LogP contribution in [0.15, 0.2) is 24.3 Å². The quantitative estimate of drug-likeness (QED) is 0.881. The third-order valence-corrected chi connectivity index (χ3v) is 4.29. The molecule has 0 spiro atoms. The van der Waals surface area contributed by atoms with Crippen molar-refractivity contribution in [1.29, 1.82) is 0 Å². The molecule has 3 unspecified atom stereocenters. The minimum Gasteiger partial charge on any atom is -0.325 e. The Morgan fingerprint density at radius 3 is 2.60 bits per heavy atom. The zero-order chi connectivity index (χ0) is 13.2. The molecular weight excluding hydrogens is 279 g/mol. The maximum atomic E-state index is 12.8. The average molecular weight is 299 g/mol. The van der Waals surface area contributed by atoms with Gasteiger partial charge in [-0.1, -0.05) is 12.8 Å². The molecule has 2 fully saturated rings. The molecule has 2 aliphatic rings. The van der Waals surface area contributed by atoms with Gasteiger partial charge in [0.05, 0.1) is 6.04 Å². The highest BCUT2D eigenvalue weighted by molar-refractivity contribution is 5.95. The third-order valence-electron chi connectivity index (χ3n) is 4.29. The molecule has 1 aliphatic heterocycles. The van der Waals surface area contributed by atoms with Crippen molar-refractivity contribution in [1.82, 2.24) is 5.32 Å². The highest BCUT2D eigenvalue weighted by Gasteiger charge is 2.38. The van der Waals surface area contributed by atoms with Crippen LogP contribution in [0, 0.1) is 11.7 Å². The Labute approximate surface area is 124 Å². The topological polar surface area (TPSA) is 41.1 Å². The van der Waals surface area contributed by atoms with E-state index in [1.165, 1.54) is 37.8 Å². The van der Waals surface area contributed by atoms with E-state index in [2.05, 4.69) is 10.6 Å². The van der Waals surface area contributed by atoms with E-state index in [0.717, 1.165) is 6.42 Å². The maximum Gasteiger partial charge on any atom is 0.241 e. The van der Waals surface area contributed by atoms with E-state index in [1.807, 2.05) is 0 Å². The highest BCUT2D eigenvalue weighted by atomic mass is 35.5. The van der Waals surface area contributed by atoms with Crippen molar-refractivity contribution in [2.75, 3.05) is 5.32 Å². The predicted molar refractivity (Wildman–Crippen MR) is 79.6 cm³/mol. The summed E-state index contributed by atoms with van der Waals surface area (Å²) in [4.78, 5) is 12.2. The second-order valence-corrected chi connectivity index (χ2v) is 5.60. The summed E-state index contributed by atoms with van der Waals surface area (Å²) < 4.78 is 12.8. The number of carbonyl (C=O) groups excluding carboxylic acids is 1. The second kappa shape index (κ2) is 6.55. The van der Waals surface area contributed by atoms with Crippen LogP contribution in [-0.2, 0) is 4.79 Å². The van der Waals surface area contributed by atoms with Gasteiger partial charge in [-0.05, 0) is 49.4 Å². The number of halogens is 2. The molecule has 3 nitrogen and oxygen atoms in total. The van der Waals surface area contributed by atoms with Crippen LogP contribution in [0.2, 0.25) is 0 Å². The van der Waals surface area contributed by atoms with Gasteiger partial charge in [0.25, 0.3) is 0 Å². The fourth-order valence-electron chi connectivity index (χ4n) is 3.28. The molecule has 3 atom stereocenters. The van der Waals surface area contributed by atoms with Crippen LogP contribution < -0.4 is 10.6 Å². The molecular formula is C15H20ClFN2O. The average Bonchev–Trinajstić information content (AvgIpc) is 2.85. The van der Waals surface area contributed by atoms with Crippen molar-refractivity contribution >= 4 is 24.0 Å². The lowest BCUT2D eigenvalue weighted by molar-refractivity contribution is -0.117. The molecule has 110 valence electrons. The number of hydrogen-bond acceptors (Lipinski definition) is 2. The van der Waals surface area contributed by atoms with Gasteiger partial charge in [0, 0.05) is 11.7 Å². The normalized spacial score (nSPS) is 28.4. The Bertz CT molecular complexity index is 451. The van der Waals surface area contributed by atoms with Crippen molar-refractivity contribution in [3.63, 3.8) is 0 Å². The molecule has 1 saturated heterocycles. The van der Waals surface area contributed by atoms with Gasteiger partial charge in [0.2, 0.25) is 5.91 Å². The first-order chi connectivity index (χ1) is 9.22. The van der Waals surface area contributed by atoms with E-state index >= 15 is 0 Å².